The summed E-state index contributed by atoms with van der Waals surface area (Å²) in [5, 5.41) is 19.3. The van der Waals surface area contributed by atoms with Gasteiger partial charge in [-0.05, 0) is 40.3 Å². The molecule has 5 nitrogen and oxygen atoms in total. The highest BCUT2D eigenvalue weighted by atomic mass is 127. The maximum absolute atomic E-state index is 10.6. The van der Waals surface area contributed by atoms with E-state index < -0.39 is 4.92 Å². The quantitative estimate of drug-likeness (QED) is 0.509. The smallest absolute Gasteiger partial charge is 0.300 e. The summed E-state index contributed by atoms with van der Waals surface area (Å²) in [7, 11) is 0. The molecule has 0 radical (unpaired) electrons. The number of benzene rings is 1. The maximum atomic E-state index is 10.6. The van der Waals surface area contributed by atoms with Gasteiger partial charge in [0, 0.05) is 6.54 Å². The van der Waals surface area contributed by atoms with Crippen LogP contribution in [0.25, 0.3) is 0 Å². The average molecular weight is 303 g/mol. The fraction of sp³-hybridized carbons (Fsp3) is 0.125. The zero-order chi connectivity index (χ0) is 10.7. The standard InChI is InChI=1S/C8H6IN3O2/c9-7-2-5(3-10)1-6(4-11)8(7)12(13)14/h1-2H,3,10H2. The van der Waals surface area contributed by atoms with Crippen LogP contribution in [-0.2, 0) is 6.54 Å². The second-order valence-corrected chi connectivity index (χ2v) is 3.71. The highest BCUT2D eigenvalue weighted by molar-refractivity contribution is 14.1. The van der Waals surface area contributed by atoms with E-state index in [1.165, 1.54) is 6.07 Å². The third-order valence-corrected chi connectivity index (χ3v) is 2.48. The van der Waals surface area contributed by atoms with Gasteiger partial charge in [-0.2, -0.15) is 5.26 Å². The molecule has 2 N–H and O–H groups in total. The predicted octanol–water partition coefficient (Wildman–Crippen LogP) is 1.53. The number of nitro benzene ring substituents is 1. The largest absolute Gasteiger partial charge is 0.326 e. The summed E-state index contributed by atoms with van der Waals surface area (Å²) >= 11 is 1.83. The third-order valence-electron chi connectivity index (χ3n) is 1.66. The molecule has 0 spiro atoms. The zero-order valence-corrected chi connectivity index (χ0v) is 9.19. The summed E-state index contributed by atoms with van der Waals surface area (Å²) in [6, 6.07) is 4.85. The number of hydrogen-bond donors (Lipinski definition) is 1. The molecule has 6 heteroatoms. The van der Waals surface area contributed by atoms with E-state index in [0.717, 1.165) is 5.56 Å². The van der Waals surface area contributed by atoms with Gasteiger partial charge in [0.15, 0.2) is 0 Å². The van der Waals surface area contributed by atoms with Crippen LogP contribution < -0.4 is 5.73 Å². The van der Waals surface area contributed by atoms with Gasteiger partial charge < -0.3 is 5.73 Å². The van der Waals surface area contributed by atoms with Crippen molar-refractivity contribution < 1.29 is 4.92 Å². The minimum absolute atomic E-state index is 0.0577. The lowest BCUT2D eigenvalue weighted by Crippen LogP contribution is -2.01. The number of nitrogens with two attached hydrogens (primary N) is 1. The van der Waals surface area contributed by atoms with Gasteiger partial charge in [-0.15, -0.1) is 0 Å². The molecule has 0 fully saturated rings. The second kappa shape index (κ2) is 4.34. The van der Waals surface area contributed by atoms with Crippen molar-refractivity contribution in [3.63, 3.8) is 0 Å². The molecule has 1 rings (SSSR count). The molecule has 1 aromatic carbocycles. The Morgan fingerprint density at radius 1 is 1.64 bits per heavy atom. The molecule has 1 aromatic rings. The number of nitro groups is 1. The van der Waals surface area contributed by atoms with E-state index in [9.17, 15) is 10.1 Å². The number of hydrogen-bond acceptors (Lipinski definition) is 4. The van der Waals surface area contributed by atoms with Crippen LogP contribution in [0.5, 0.6) is 0 Å². The Hall–Kier alpha value is -1.20. The fourth-order valence-electron chi connectivity index (χ4n) is 1.04. The molecule has 0 amide bonds. The first-order chi connectivity index (χ1) is 6.60. The van der Waals surface area contributed by atoms with Crippen molar-refractivity contribution in [2.75, 3.05) is 0 Å². The summed E-state index contributed by atoms with van der Waals surface area (Å²) < 4.78 is 0.437. The highest BCUT2D eigenvalue weighted by Gasteiger charge is 2.18. The lowest BCUT2D eigenvalue weighted by molar-refractivity contribution is -0.386. The molecular weight excluding hydrogens is 297 g/mol. The summed E-state index contributed by atoms with van der Waals surface area (Å²) in [5.41, 5.74) is 6.01. The van der Waals surface area contributed by atoms with Crippen molar-refractivity contribution in [3.8, 4) is 6.07 Å². The second-order valence-electron chi connectivity index (χ2n) is 2.55. The molecule has 0 aliphatic rings. The van der Waals surface area contributed by atoms with Crippen LogP contribution in [0.3, 0.4) is 0 Å². The van der Waals surface area contributed by atoms with E-state index in [1.54, 1.807) is 12.1 Å². The molecule has 0 saturated carbocycles. The Labute approximate surface area is 93.8 Å². The van der Waals surface area contributed by atoms with Gasteiger partial charge in [-0.25, -0.2) is 0 Å². The van der Waals surface area contributed by atoms with Gasteiger partial charge in [-0.3, -0.25) is 10.1 Å². The average Bonchev–Trinajstić information content (AvgIpc) is 2.15. The third kappa shape index (κ3) is 2.00. The fourth-order valence-corrected chi connectivity index (χ4v) is 1.93. The van der Waals surface area contributed by atoms with Crippen LogP contribution in [0.15, 0.2) is 12.1 Å². The lowest BCUT2D eigenvalue weighted by Gasteiger charge is -2.01. The molecule has 0 aromatic heterocycles. The molecule has 0 heterocycles. The number of rotatable bonds is 2. The first kappa shape index (κ1) is 10.9. The predicted molar refractivity (Wildman–Crippen MR) is 58.4 cm³/mol. The van der Waals surface area contributed by atoms with Crippen LogP contribution >= 0.6 is 22.6 Å². The van der Waals surface area contributed by atoms with Crippen LogP contribution in [0.4, 0.5) is 5.69 Å². The monoisotopic (exact) mass is 303 g/mol. The Morgan fingerprint density at radius 2 is 2.29 bits per heavy atom. The SMILES string of the molecule is N#Cc1cc(CN)cc(I)c1[N+](=O)[O-]. The van der Waals surface area contributed by atoms with Gasteiger partial charge in [0.25, 0.3) is 5.69 Å². The minimum atomic E-state index is -0.555. The van der Waals surface area contributed by atoms with E-state index in [4.69, 9.17) is 11.0 Å². The van der Waals surface area contributed by atoms with Crippen molar-refractivity contribution in [3.05, 3.63) is 36.9 Å². The Balaban J connectivity index is 3.44. The van der Waals surface area contributed by atoms with Crippen LogP contribution in [0, 0.1) is 25.0 Å². The maximum Gasteiger partial charge on any atom is 0.300 e. The van der Waals surface area contributed by atoms with E-state index in [0.29, 0.717) is 3.57 Å². The number of nitrogens with zero attached hydrogens (tertiary/aromatic N) is 2. The molecule has 0 aliphatic heterocycles. The van der Waals surface area contributed by atoms with Crippen molar-refractivity contribution >= 4 is 28.3 Å². The van der Waals surface area contributed by atoms with Crippen LogP contribution in [0.2, 0.25) is 0 Å². The van der Waals surface area contributed by atoms with Gasteiger partial charge in [-0.1, -0.05) is 0 Å². The van der Waals surface area contributed by atoms with Gasteiger partial charge >= 0.3 is 0 Å². The van der Waals surface area contributed by atoms with E-state index >= 15 is 0 Å². The van der Waals surface area contributed by atoms with Crippen LogP contribution in [-0.4, -0.2) is 4.92 Å². The van der Waals surface area contributed by atoms with Gasteiger partial charge in [0.1, 0.15) is 11.6 Å². The van der Waals surface area contributed by atoms with E-state index in [-0.39, 0.29) is 17.8 Å². The molecule has 14 heavy (non-hydrogen) atoms. The Kier molecular flexibility index (Phi) is 3.38. The normalized spacial score (nSPS) is 9.50. The minimum Gasteiger partial charge on any atom is -0.326 e. The first-order valence-electron chi connectivity index (χ1n) is 3.67. The summed E-state index contributed by atoms with van der Waals surface area (Å²) in [5.74, 6) is 0. The van der Waals surface area contributed by atoms with E-state index in [1.807, 2.05) is 22.6 Å². The summed E-state index contributed by atoms with van der Waals surface area (Å²) in [6.07, 6.45) is 0. The topological polar surface area (TPSA) is 93.0 Å². The van der Waals surface area contributed by atoms with Crippen molar-refractivity contribution in [1.29, 1.82) is 5.26 Å². The summed E-state index contributed by atoms with van der Waals surface area (Å²) in [4.78, 5) is 10.1. The van der Waals surface area contributed by atoms with Crippen LogP contribution in [0.1, 0.15) is 11.1 Å². The molecule has 0 bridgehead atoms. The van der Waals surface area contributed by atoms with Gasteiger partial charge in [0.05, 0.1) is 8.49 Å². The number of nitriles is 1. The first-order valence-corrected chi connectivity index (χ1v) is 4.75. The molecular formula is C8H6IN3O2. The van der Waals surface area contributed by atoms with Gasteiger partial charge in [0.2, 0.25) is 0 Å². The zero-order valence-electron chi connectivity index (χ0n) is 7.03. The van der Waals surface area contributed by atoms with Crippen molar-refractivity contribution in [1.82, 2.24) is 0 Å². The Morgan fingerprint density at radius 3 is 2.71 bits per heavy atom. The molecule has 72 valence electrons. The Bertz CT molecular complexity index is 425. The van der Waals surface area contributed by atoms with E-state index in [2.05, 4.69) is 0 Å². The number of halogens is 1. The van der Waals surface area contributed by atoms with Crippen molar-refractivity contribution in [2.45, 2.75) is 6.54 Å². The highest BCUT2D eigenvalue weighted by Crippen LogP contribution is 2.26. The van der Waals surface area contributed by atoms with Crippen molar-refractivity contribution in [2.24, 2.45) is 5.73 Å². The molecule has 0 aliphatic carbocycles. The molecule has 0 atom stereocenters. The molecule has 0 unspecified atom stereocenters. The molecule has 0 saturated heterocycles. The summed E-state index contributed by atoms with van der Waals surface area (Å²) in [6.45, 7) is 0.267. The lowest BCUT2D eigenvalue weighted by atomic mass is 10.1.